The van der Waals surface area contributed by atoms with E-state index in [9.17, 15) is 0 Å². The van der Waals surface area contributed by atoms with Crippen LogP contribution in [-0.2, 0) is 4.84 Å². The molecular weight excluding hydrogens is 114 g/mol. The molecule has 0 unspecified atom stereocenters. The fraction of sp³-hybridized carbons (Fsp3) is 1.00. The molecule has 0 radical (unpaired) electrons. The van der Waals surface area contributed by atoms with Crippen LogP contribution in [-0.4, -0.2) is 24.3 Å². The molecule has 0 bridgehead atoms. The van der Waals surface area contributed by atoms with Crippen molar-refractivity contribution < 1.29 is 4.84 Å². The molecule has 1 saturated heterocycles. The maximum Gasteiger partial charge on any atom is 0.0737 e. The van der Waals surface area contributed by atoms with Crippen molar-refractivity contribution in [1.82, 2.24) is 5.06 Å². The summed E-state index contributed by atoms with van der Waals surface area (Å²) in [4.78, 5) is 5.44. The van der Waals surface area contributed by atoms with Crippen molar-refractivity contribution >= 4 is 0 Å². The molecule has 2 heteroatoms. The highest BCUT2D eigenvalue weighted by Crippen LogP contribution is 2.08. The Balaban J connectivity index is 2.11. The minimum absolute atomic E-state index is 0.350. The standard InChI is InChI=1S/C7H15NO/c1-7(2)9-8-5-3-4-6-8/h7H,3-6H2,1-2H3. The number of rotatable bonds is 2. The van der Waals surface area contributed by atoms with Gasteiger partial charge in [0.15, 0.2) is 0 Å². The van der Waals surface area contributed by atoms with E-state index in [2.05, 4.69) is 18.9 Å². The fourth-order valence-electron chi connectivity index (χ4n) is 1.09. The van der Waals surface area contributed by atoms with Crippen LogP contribution in [0.1, 0.15) is 26.7 Å². The number of hydrogen-bond acceptors (Lipinski definition) is 2. The van der Waals surface area contributed by atoms with Crippen LogP contribution < -0.4 is 0 Å². The van der Waals surface area contributed by atoms with Crippen molar-refractivity contribution in [2.75, 3.05) is 13.1 Å². The molecule has 0 aliphatic carbocycles. The molecule has 0 aromatic carbocycles. The Labute approximate surface area is 56.8 Å². The Bertz CT molecular complexity index is 77.0. The summed E-state index contributed by atoms with van der Waals surface area (Å²) in [5.74, 6) is 0. The zero-order valence-corrected chi connectivity index (χ0v) is 6.26. The molecule has 0 saturated carbocycles. The van der Waals surface area contributed by atoms with Gasteiger partial charge in [0.25, 0.3) is 0 Å². The van der Waals surface area contributed by atoms with Gasteiger partial charge in [0, 0.05) is 13.1 Å². The summed E-state index contributed by atoms with van der Waals surface area (Å²) in [5, 5.41) is 2.06. The molecule has 0 atom stereocenters. The molecule has 1 rings (SSSR count). The topological polar surface area (TPSA) is 12.5 Å². The zero-order chi connectivity index (χ0) is 6.69. The van der Waals surface area contributed by atoms with E-state index in [0.717, 1.165) is 13.1 Å². The lowest BCUT2D eigenvalue weighted by atomic mass is 10.4. The largest absolute Gasteiger partial charge is 0.296 e. The van der Waals surface area contributed by atoms with Gasteiger partial charge in [0.2, 0.25) is 0 Å². The first-order valence-electron chi connectivity index (χ1n) is 3.71. The molecular formula is C7H15NO. The average molecular weight is 129 g/mol. The third-order valence-electron chi connectivity index (χ3n) is 1.42. The Morgan fingerprint density at radius 1 is 1.22 bits per heavy atom. The van der Waals surface area contributed by atoms with Crippen molar-refractivity contribution in [3.05, 3.63) is 0 Å². The lowest BCUT2D eigenvalue weighted by molar-refractivity contribution is -0.172. The number of hydroxylamine groups is 2. The van der Waals surface area contributed by atoms with Crippen LogP contribution in [0, 0.1) is 0 Å². The molecule has 0 spiro atoms. The second-order valence-electron chi connectivity index (χ2n) is 2.79. The third kappa shape index (κ3) is 2.33. The average Bonchev–Trinajstić information content (AvgIpc) is 2.15. The SMILES string of the molecule is CC(C)ON1CCCC1. The van der Waals surface area contributed by atoms with Crippen molar-refractivity contribution in [1.29, 1.82) is 0 Å². The van der Waals surface area contributed by atoms with Crippen LogP contribution in [0.5, 0.6) is 0 Å². The molecule has 0 N–H and O–H groups in total. The normalized spacial score (nSPS) is 21.7. The smallest absolute Gasteiger partial charge is 0.0737 e. The molecule has 1 aliphatic heterocycles. The highest BCUT2D eigenvalue weighted by Gasteiger charge is 2.12. The van der Waals surface area contributed by atoms with Crippen molar-refractivity contribution in [3.8, 4) is 0 Å². The minimum atomic E-state index is 0.350. The lowest BCUT2D eigenvalue weighted by Crippen LogP contribution is -2.23. The van der Waals surface area contributed by atoms with Crippen molar-refractivity contribution in [2.45, 2.75) is 32.8 Å². The Kier molecular flexibility index (Phi) is 2.49. The number of nitrogens with zero attached hydrogens (tertiary/aromatic N) is 1. The molecule has 0 amide bonds. The monoisotopic (exact) mass is 129 g/mol. The van der Waals surface area contributed by atoms with Gasteiger partial charge in [0.1, 0.15) is 0 Å². The Hall–Kier alpha value is -0.0800. The van der Waals surface area contributed by atoms with Crippen molar-refractivity contribution in [3.63, 3.8) is 0 Å². The van der Waals surface area contributed by atoms with Gasteiger partial charge in [-0.05, 0) is 26.7 Å². The van der Waals surface area contributed by atoms with Crippen LogP contribution in [0.4, 0.5) is 0 Å². The van der Waals surface area contributed by atoms with E-state index in [-0.39, 0.29) is 0 Å². The maximum atomic E-state index is 5.44. The van der Waals surface area contributed by atoms with Gasteiger partial charge >= 0.3 is 0 Å². The predicted molar refractivity (Wildman–Crippen MR) is 37.0 cm³/mol. The quantitative estimate of drug-likeness (QED) is 0.559. The summed E-state index contributed by atoms with van der Waals surface area (Å²) in [6.45, 7) is 6.38. The molecule has 1 fully saturated rings. The second kappa shape index (κ2) is 3.18. The van der Waals surface area contributed by atoms with E-state index < -0.39 is 0 Å². The van der Waals surface area contributed by atoms with Gasteiger partial charge < -0.3 is 0 Å². The molecule has 2 nitrogen and oxygen atoms in total. The van der Waals surface area contributed by atoms with Crippen molar-refractivity contribution in [2.24, 2.45) is 0 Å². The van der Waals surface area contributed by atoms with Crippen LogP contribution in [0.3, 0.4) is 0 Å². The summed E-state index contributed by atoms with van der Waals surface area (Å²) < 4.78 is 0. The van der Waals surface area contributed by atoms with Gasteiger partial charge in [-0.15, -0.1) is 0 Å². The first-order valence-corrected chi connectivity index (χ1v) is 3.71. The Morgan fingerprint density at radius 2 is 1.78 bits per heavy atom. The van der Waals surface area contributed by atoms with E-state index in [4.69, 9.17) is 4.84 Å². The first-order chi connectivity index (χ1) is 4.29. The first kappa shape index (κ1) is 7.03. The van der Waals surface area contributed by atoms with E-state index in [1.165, 1.54) is 12.8 Å². The van der Waals surface area contributed by atoms with E-state index in [1.54, 1.807) is 0 Å². The highest BCUT2D eigenvalue weighted by atomic mass is 16.7. The van der Waals surface area contributed by atoms with Gasteiger partial charge in [-0.3, -0.25) is 4.84 Å². The third-order valence-corrected chi connectivity index (χ3v) is 1.42. The fourth-order valence-corrected chi connectivity index (χ4v) is 1.09. The summed E-state index contributed by atoms with van der Waals surface area (Å²) in [7, 11) is 0. The predicted octanol–water partition coefficient (Wildman–Crippen LogP) is 1.42. The second-order valence-corrected chi connectivity index (χ2v) is 2.79. The van der Waals surface area contributed by atoms with E-state index in [0.29, 0.717) is 6.10 Å². The lowest BCUT2D eigenvalue weighted by Gasteiger charge is -2.17. The summed E-state index contributed by atoms with van der Waals surface area (Å²) in [6, 6.07) is 0. The summed E-state index contributed by atoms with van der Waals surface area (Å²) in [5.41, 5.74) is 0. The van der Waals surface area contributed by atoms with Gasteiger partial charge in [-0.2, -0.15) is 5.06 Å². The van der Waals surface area contributed by atoms with Crippen LogP contribution in [0.15, 0.2) is 0 Å². The molecule has 0 aromatic heterocycles. The van der Waals surface area contributed by atoms with Gasteiger partial charge in [-0.1, -0.05) is 0 Å². The maximum absolute atomic E-state index is 5.44. The van der Waals surface area contributed by atoms with Gasteiger partial charge in [-0.25, -0.2) is 0 Å². The molecule has 54 valence electrons. The van der Waals surface area contributed by atoms with E-state index in [1.807, 2.05) is 0 Å². The van der Waals surface area contributed by atoms with Crippen LogP contribution in [0.25, 0.3) is 0 Å². The number of hydrogen-bond donors (Lipinski definition) is 0. The molecule has 1 heterocycles. The molecule has 0 aromatic rings. The molecule has 1 aliphatic rings. The van der Waals surface area contributed by atoms with Crippen LogP contribution >= 0.6 is 0 Å². The summed E-state index contributed by atoms with van der Waals surface area (Å²) in [6.07, 6.45) is 2.95. The summed E-state index contributed by atoms with van der Waals surface area (Å²) >= 11 is 0. The highest BCUT2D eigenvalue weighted by molar-refractivity contribution is 4.57. The van der Waals surface area contributed by atoms with E-state index >= 15 is 0 Å². The Morgan fingerprint density at radius 3 is 2.22 bits per heavy atom. The molecule has 9 heavy (non-hydrogen) atoms. The minimum Gasteiger partial charge on any atom is -0.296 e. The van der Waals surface area contributed by atoms with Crippen LogP contribution in [0.2, 0.25) is 0 Å². The zero-order valence-electron chi connectivity index (χ0n) is 6.26. The van der Waals surface area contributed by atoms with Gasteiger partial charge in [0.05, 0.1) is 6.10 Å².